The zero-order chi connectivity index (χ0) is 20.2. The number of benzene rings is 2. The number of imidazole rings is 1. The van der Waals surface area contributed by atoms with Crippen molar-refractivity contribution in [1.29, 1.82) is 0 Å². The van der Waals surface area contributed by atoms with E-state index in [1.807, 2.05) is 91.3 Å². The zero-order valence-electron chi connectivity index (χ0n) is 16.4. The van der Waals surface area contributed by atoms with Gasteiger partial charge < -0.3 is 9.88 Å². The van der Waals surface area contributed by atoms with Crippen molar-refractivity contribution in [2.24, 2.45) is 0 Å². The third-order valence-corrected chi connectivity index (χ3v) is 4.88. The normalized spacial score (nSPS) is 11.8. The summed E-state index contributed by atoms with van der Waals surface area (Å²) < 4.78 is 1.83. The van der Waals surface area contributed by atoms with Gasteiger partial charge in [0.15, 0.2) is 0 Å². The van der Waals surface area contributed by atoms with Crippen molar-refractivity contribution < 1.29 is 4.79 Å². The van der Waals surface area contributed by atoms with Gasteiger partial charge in [-0.25, -0.2) is 4.98 Å². The summed E-state index contributed by atoms with van der Waals surface area (Å²) in [7, 11) is 0. The molecule has 2 heterocycles. The van der Waals surface area contributed by atoms with E-state index in [1.54, 1.807) is 12.5 Å². The lowest BCUT2D eigenvalue weighted by atomic mass is 10.1. The molecule has 0 radical (unpaired) electrons. The molecule has 0 aliphatic rings. The van der Waals surface area contributed by atoms with E-state index in [2.05, 4.69) is 15.3 Å². The van der Waals surface area contributed by atoms with E-state index in [9.17, 15) is 4.79 Å². The minimum absolute atomic E-state index is 0.0884. The Morgan fingerprint density at radius 2 is 1.69 bits per heavy atom. The van der Waals surface area contributed by atoms with Gasteiger partial charge in [-0.05, 0) is 49.2 Å². The summed E-state index contributed by atoms with van der Waals surface area (Å²) in [4.78, 5) is 21.3. The largest absolute Gasteiger partial charge is 0.325 e. The molecule has 2 aromatic heterocycles. The van der Waals surface area contributed by atoms with Crippen LogP contribution in [0.4, 0.5) is 5.69 Å². The molecule has 0 saturated heterocycles. The monoisotopic (exact) mass is 382 g/mol. The minimum atomic E-state index is -0.373. The number of hydrogen-bond acceptors (Lipinski definition) is 3. The maximum atomic E-state index is 12.7. The van der Waals surface area contributed by atoms with Gasteiger partial charge in [0.25, 0.3) is 0 Å². The molecule has 1 amide bonds. The van der Waals surface area contributed by atoms with Crippen LogP contribution >= 0.6 is 0 Å². The molecule has 0 bridgehead atoms. The topological polar surface area (TPSA) is 59.8 Å². The first-order valence-corrected chi connectivity index (χ1v) is 9.53. The van der Waals surface area contributed by atoms with Gasteiger partial charge in [0, 0.05) is 29.3 Å². The molecule has 0 fully saturated rings. The summed E-state index contributed by atoms with van der Waals surface area (Å²) in [6, 6.07) is 21.4. The van der Waals surface area contributed by atoms with E-state index >= 15 is 0 Å². The van der Waals surface area contributed by atoms with Crippen LogP contribution in [0.2, 0.25) is 0 Å². The molecule has 5 heteroatoms. The van der Waals surface area contributed by atoms with Crippen LogP contribution < -0.4 is 5.32 Å². The summed E-state index contributed by atoms with van der Waals surface area (Å²) >= 11 is 0. The number of nitrogens with one attached hydrogen (secondary N) is 1. The molecule has 144 valence electrons. The Morgan fingerprint density at radius 3 is 2.41 bits per heavy atom. The number of aromatic nitrogens is 3. The highest BCUT2D eigenvalue weighted by Crippen LogP contribution is 2.23. The summed E-state index contributed by atoms with van der Waals surface area (Å²) in [5, 5.41) is 2.98. The van der Waals surface area contributed by atoms with E-state index in [4.69, 9.17) is 0 Å². The molecule has 1 unspecified atom stereocenters. The Morgan fingerprint density at radius 1 is 0.931 bits per heavy atom. The van der Waals surface area contributed by atoms with Gasteiger partial charge >= 0.3 is 0 Å². The fourth-order valence-corrected chi connectivity index (χ4v) is 3.16. The molecule has 4 aromatic rings. The Kier molecular flexibility index (Phi) is 5.20. The van der Waals surface area contributed by atoms with Crippen molar-refractivity contribution in [2.45, 2.75) is 19.9 Å². The van der Waals surface area contributed by atoms with Crippen LogP contribution in [-0.4, -0.2) is 20.4 Å². The van der Waals surface area contributed by atoms with E-state index in [0.29, 0.717) is 0 Å². The van der Waals surface area contributed by atoms with Gasteiger partial charge in [-0.3, -0.25) is 9.78 Å². The highest BCUT2D eigenvalue weighted by Gasteiger charge is 2.16. The average Bonchev–Trinajstić information content (AvgIpc) is 3.24. The molecular weight excluding hydrogens is 360 g/mol. The van der Waals surface area contributed by atoms with Crippen LogP contribution in [0.3, 0.4) is 0 Å². The van der Waals surface area contributed by atoms with E-state index < -0.39 is 0 Å². The van der Waals surface area contributed by atoms with Gasteiger partial charge in [-0.2, -0.15) is 0 Å². The molecule has 0 saturated carbocycles. The second-order valence-corrected chi connectivity index (χ2v) is 7.00. The van der Waals surface area contributed by atoms with Crippen LogP contribution in [-0.2, 0) is 4.79 Å². The van der Waals surface area contributed by atoms with Crippen LogP contribution in [0.1, 0.15) is 18.7 Å². The lowest BCUT2D eigenvalue weighted by Crippen LogP contribution is -2.22. The lowest BCUT2D eigenvalue weighted by Gasteiger charge is -2.13. The molecule has 2 aromatic carbocycles. The third kappa shape index (κ3) is 4.24. The highest BCUT2D eigenvalue weighted by atomic mass is 16.2. The van der Waals surface area contributed by atoms with Crippen molar-refractivity contribution in [3.8, 4) is 22.4 Å². The second kappa shape index (κ2) is 8.10. The Balaban J connectivity index is 1.44. The molecule has 0 aliphatic heterocycles. The van der Waals surface area contributed by atoms with Crippen LogP contribution in [0.25, 0.3) is 22.4 Å². The fourth-order valence-electron chi connectivity index (χ4n) is 3.16. The number of anilines is 1. The summed E-state index contributed by atoms with van der Waals surface area (Å²) in [5.74, 6) is -0.0884. The van der Waals surface area contributed by atoms with E-state index in [0.717, 1.165) is 33.8 Å². The quantitative estimate of drug-likeness (QED) is 0.521. The zero-order valence-corrected chi connectivity index (χ0v) is 16.4. The first-order valence-electron chi connectivity index (χ1n) is 9.53. The third-order valence-electron chi connectivity index (χ3n) is 4.88. The van der Waals surface area contributed by atoms with E-state index in [1.165, 1.54) is 0 Å². The SMILES string of the molecule is Cc1cc(-c2ccc(NC(=O)C(C)n3cnc(-c4ccccc4)c3)cc2)ccn1. The Hall–Kier alpha value is -3.73. The maximum absolute atomic E-state index is 12.7. The summed E-state index contributed by atoms with van der Waals surface area (Å²) in [6.45, 7) is 3.83. The van der Waals surface area contributed by atoms with Gasteiger partial charge in [-0.1, -0.05) is 42.5 Å². The van der Waals surface area contributed by atoms with Crippen molar-refractivity contribution >= 4 is 11.6 Å². The molecule has 5 nitrogen and oxygen atoms in total. The molecule has 0 spiro atoms. The molecule has 4 rings (SSSR count). The van der Waals surface area contributed by atoms with Crippen LogP contribution in [0.15, 0.2) is 85.5 Å². The van der Waals surface area contributed by atoms with Crippen LogP contribution in [0, 0.1) is 6.92 Å². The number of pyridine rings is 1. The van der Waals surface area contributed by atoms with Gasteiger partial charge in [0.05, 0.1) is 12.0 Å². The smallest absolute Gasteiger partial charge is 0.247 e. The lowest BCUT2D eigenvalue weighted by molar-refractivity contribution is -0.118. The van der Waals surface area contributed by atoms with Gasteiger partial charge in [-0.15, -0.1) is 0 Å². The number of amides is 1. The van der Waals surface area contributed by atoms with Crippen LogP contribution in [0.5, 0.6) is 0 Å². The molecule has 1 atom stereocenters. The molecular formula is C24H22N4O. The van der Waals surface area contributed by atoms with Gasteiger partial charge in [0.1, 0.15) is 6.04 Å². The first kappa shape index (κ1) is 18.6. The maximum Gasteiger partial charge on any atom is 0.247 e. The van der Waals surface area contributed by atoms with Crippen molar-refractivity contribution in [3.63, 3.8) is 0 Å². The Bertz CT molecular complexity index is 1120. The van der Waals surface area contributed by atoms with E-state index in [-0.39, 0.29) is 11.9 Å². The number of hydrogen-bond donors (Lipinski definition) is 1. The summed E-state index contributed by atoms with van der Waals surface area (Å²) in [5.41, 5.74) is 5.81. The average molecular weight is 382 g/mol. The minimum Gasteiger partial charge on any atom is -0.325 e. The predicted molar refractivity (Wildman–Crippen MR) is 115 cm³/mol. The van der Waals surface area contributed by atoms with Gasteiger partial charge in [0.2, 0.25) is 5.91 Å². The standard InChI is InChI=1S/C24H22N4O/c1-17-14-21(12-13-25-17)19-8-10-22(11-9-19)27-24(29)18(2)28-15-23(26-16-28)20-6-4-3-5-7-20/h3-16,18H,1-2H3,(H,27,29). The van der Waals surface area contributed by atoms with Crippen molar-refractivity contribution in [3.05, 3.63) is 91.1 Å². The first-order chi connectivity index (χ1) is 14.1. The van der Waals surface area contributed by atoms with Crippen molar-refractivity contribution in [2.75, 3.05) is 5.32 Å². The predicted octanol–water partition coefficient (Wildman–Crippen LogP) is 5.12. The fraction of sp³-hybridized carbons (Fsp3) is 0.125. The number of nitrogens with zero attached hydrogens (tertiary/aromatic N) is 3. The highest BCUT2D eigenvalue weighted by molar-refractivity contribution is 5.93. The number of aryl methyl sites for hydroxylation is 1. The Labute approximate surface area is 170 Å². The summed E-state index contributed by atoms with van der Waals surface area (Å²) in [6.07, 6.45) is 5.40. The number of rotatable bonds is 5. The second-order valence-electron chi connectivity index (χ2n) is 7.00. The molecule has 0 aliphatic carbocycles. The van der Waals surface area contributed by atoms with Crippen molar-refractivity contribution in [1.82, 2.24) is 14.5 Å². The molecule has 1 N–H and O–H groups in total. The number of carbonyl (C=O) groups excluding carboxylic acids is 1. The molecule has 29 heavy (non-hydrogen) atoms. The number of carbonyl (C=O) groups is 1.